The molecule has 0 aliphatic carbocycles. The number of ether oxygens (including phenoxy) is 3. The van der Waals surface area contributed by atoms with Gasteiger partial charge in [-0.3, -0.25) is 4.90 Å². The van der Waals surface area contributed by atoms with Crippen molar-refractivity contribution in [3.8, 4) is 17.2 Å². The van der Waals surface area contributed by atoms with Gasteiger partial charge in [-0.1, -0.05) is 54.6 Å². The normalized spacial score (nSPS) is 15.2. The summed E-state index contributed by atoms with van der Waals surface area (Å²) in [7, 11) is 1.74. The molecule has 5 nitrogen and oxygen atoms in total. The summed E-state index contributed by atoms with van der Waals surface area (Å²) in [4.78, 5) is 2.50. The van der Waals surface area contributed by atoms with Crippen molar-refractivity contribution in [1.82, 2.24) is 10.2 Å². The van der Waals surface area contributed by atoms with Gasteiger partial charge >= 0.3 is 0 Å². The minimum Gasteiger partial charge on any atom is -0.496 e. The maximum Gasteiger partial charge on any atom is 0.161 e. The van der Waals surface area contributed by atoms with Gasteiger partial charge in [0.25, 0.3) is 0 Å². The molecule has 4 rings (SSSR count). The zero-order chi connectivity index (χ0) is 22.2. The predicted octanol–water partition coefficient (Wildman–Crippen LogP) is 4.67. The number of nitrogens with zero attached hydrogens (tertiary/aromatic N) is 1. The van der Waals surface area contributed by atoms with Crippen LogP contribution in [0.3, 0.4) is 0 Å². The van der Waals surface area contributed by atoms with Gasteiger partial charge in [-0.05, 0) is 36.2 Å². The molecule has 3 aromatic carbocycles. The van der Waals surface area contributed by atoms with Crippen molar-refractivity contribution in [2.24, 2.45) is 0 Å². The summed E-state index contributed by atoms with van der Waals surface area (Å²) in [5.41, 5.74) is 3.47. The summed E-state index contributed by atoms with van der Waals surface area (Å²) in [5, 5.41) is 3.46. The average molecular weight is 433 g/mol. The van der Waals surface area contributed by atoms with Crippen LogP contribution in [0, 0.1) is 0 Å². The van der Waals surface area contributed by atoms with Crippen LogP contribution in [0.2, 0.25) is 0 Å². The first-order chi connectivity index (χ1) is 15.8. The van der Waals surface area contributed by atoms with Crippen LogP contribution >= 0.6 is 0 Å². The highest BCUT2D eigenvalue weighted by Gasteiger charge is 2.27. The lowest BCUT2D eigenvalue weighted by atomic mass is 9.95. The molecule has 1 aliphatic rings. The van der Waals surface area contributed by atoms with E-state index in [4.69, 9.17) is 14.2 Å². The molecule has 3 aromatic rings. The fourth-order valence-electron chi connectivity index (χ4n) is 4.24. The number of rotatable bonds is 9. The van der Waals surface area contributed by atoms with Crippen molar-refractivity contribution >= 4 is 0 Å². The number of piperazine rings is 1. The summed E-state index contributed by atoms with van der Waals surface area (Å²) in [6.45, 7) is 6.98. The Morgan fingerprint density at radius 2 is 1.59 bits per heavy atom. The average Bonchev–Trinajstić information content (AvgIpc) is 2.85. The summed E-state index contributed by atoms with van der Waals surface area (Å²) in [6.07, 6.45) is 0. The molecule has 5 heteroatoms. The zero-order valence-electron chi connectivity index (χ0n) is 18.9. The van der Waals surface area contributed by atoms with Crippen LogP contribution in [0.5, 0.6) is 17.2 Å². The first kappa shape index (κ1) is 22.2. The first-order valence-electron chi connectivity index (χ1n) is 11.3. The van der Waals surface area contributed by atoms with Crippen molar-refractivity contribution in [2.75, 3.05) is 39.9 Å². The third-order valence-corrected chi connectivity index (χ3v) is 5.77. The first-order valence-corrected chi connectivity index (χ1v) is 11.3. The summed E-state index contributed by atoms with van der Waals surface area (Å²) < 4.78 is 17.9. The standard InChI is InChI=1S/C27H32N2O3/c1-3-31-26-19-22(13-14-25(26)32-20-21-9-5-4-6-10-21)27(29-17-15-28-16-18-29)23-11-7-8-12-24(23)30-2/h4-14,19,27-28H,3,15-18,20H2,1-2H3. The number of nitrogens with one attached hydrogen (secondary N) is 1. The third-order valence-electron chi connectivity index (χ3n) is 5.77. The van der Waals surface area contributed by atoms with E-state index < -0.39 is 0 Å². The topological polar surface area (TPSA) is 43.0 Å². The second-order valence-electron chi connectivity index (χ2n) is 7.84. The molecule has 0 saturated carbocycles. The minimum absolute atomic E-state index is 0.0793. The molecular formula is C27H32N2O3. The fourth-order valence-corrected chi connectivity index (χ4v) is 4.24. The van der Waals surface area contributed by atoms with E-state index >= 15 is 0 Å². The van der Waals surface area contributed by atoms with Gasteiger partial charge in [0.15, 0.2) is 11.5 Å². The third kappa shape index (κ3) is 5.23. The maximum atomic E-state index is 6.13. The van der Waals surface area contributed by atoms with Crippen LogP contribution < -0.4 is 19.5 Å². The van der Waals surface area contributed by atoms with Gasteiger partial charge in [0.1, 0.15) is 12.4 Å². The van der Waals surface area contributed by atoms with Gasteiger partial charge in [-0.15, -0.1) is 0 Å². The van der Waals surface area contributed by atoms with Crippen LogP contribution in [0.4, 0.5) is 0 Å². The Balaban J connectivity index is 1.67. The Morgan fingerprint density at radius 3 is 2.34 bits per heavy atom. The van der Waals surface area contributed by atoms with E-state index in [2.05, 4.69) is 46.6 Å². The lowest BCUT2D eigenvalue weighted by molar-refractivity contribution is 0.194. The van der Waals surface area contributed by atoms with Gasteiger partial charge in [-0.2, -0.15) is 0 Å². The lowest BCUT2D eigenvalue weighted by Gasteiger charge is -2.36. The summed E-state index contributed by atoms with van der Waals surface area (Å²) in [5.74, 6) is 2.44. The second-order valence-corrected chi connectivity index (χ2v) is 7.84. The lowest BCUT2D eigenvalue weighted by Crippen LogP contribution is -2.45. The number of para-hydroxylation sites is 1. The Kier molecular flexibility index (Phi) is 7.64. The maximum absolute atomic E-state index is 6.13. The van der Waals surface area contributed by atoms with Crippen LogP contribution in [0.15, 0.2) is 72.8 Å². The van der Waals surface area contributed by atoms with E-state index in [0.717, 1.165) is 54.6 Å². The van der Waals surface area contributed by atoms with Crippen molar-refractivity contribution in [3.63, 3.8) is 0 Å². The molecule has 0 amide bonds. The fraction of sp³-hybridized carbons (Fsp3) is 0.333. The molecule has 1 saturated heterocycles. The van der Waals surface area contributed by atoms with E-state index in [1.807, 2.05) is 43.3 Å². The molecule has 1 N–H and O–H groups in total. The zero-order valence-corrected chi connectivity index (χ0v) is 18.9. The number of methoxy groups -OCH3 is 1. The van der Waals surface area contributed by atoms with E-state index in [-0.39, 0.29) is 6.04 Å². The van der Waals surface area contributed by atoms with E-state index in [1.54, 1.807) is 7.11 Å². The highest BCUT2D eigenvalue weighted by atomic mass is 16.5. The molecule has 32 heavy (non-hydrogen) atoms. The SMILES string of the molecule is CCOc1cc(C(c2ccccc2OC)N2CCNCC2)ccc1OCc1ccccc1. The molecule has 1 aliphatic heterocycles. The monoisotopic (exact) mass is 432 g/mol. The van der Waals surface area contributed by atoms with Gasteiger partial charge in [0, 0.05) is 31.7 Å². The molecule has 168 valence electrons. The number of hydrogen-bond donors (Lipinski definition) is 1. The summed E-state index contributed by atoms with van der Waals surface area (Å²) >= 11 is 0. The van der Waals surface area contributed by atoms with E-state index in [9.17, 15) is 0 Å². The largest absolute Gasteiger partial charge is 0.496 e. The highest BCUT2D eigenvalue weighted by molar-refractivity contribution is 5.48. The van der Waals surface area contributed by atoms with Crippen LogP contribution in [0.25, 0.3) is 0 Å². The molecule has 0 bridgehead atoms. The number of benzene rings is 3. The number of hydrogen-bond acceptors (Lipinski definition) is 5. The smallest absolute Gasteiger partial charge is 0.161 e. The van der Waals surface area contributed by atoms with Gasteiger partial charge in [0.05, 0.1) is 19.8 Å². The molecule has 0 aromatic heterocycles. The molecule has 1 fully saturated rings. The van der Waals surface area contributed by atoms with Crippen LogP contribution in [-0.4, -0.2) is 44.8 Å². The molecule has 1 atom stereocenters. The van der Waals surface area contributed by atoms with Gasteiger partial charge in [-0.25, -0.2) is 0 Å². The van der Waals surface area contributed by atoms with E-state index in [0.29, 0.717) is 13.2 Å². The van der Waals surface area contributed by atoms with Crippen molar-refractivity contribution in [1.29, 1.82) is 0 Å². The molecular weight excluding hydrogens is 400 g/mol. The molecule has 1 unspecified atom stereocenters. The van der Waals surface area contributed by atoms with Crippen molar-refractivity contribution in [3.05, 3.63) is 89.5 Å². The molecule has 0 spiro atoms. The quantitative estimate of drug-likeness (QED) is 0.532. The Labute approximate surface area is 190 Å². The van der Waals surface area contributed by atoms with Crippen LogP contribution in [-0.2, 0) is 6.61 Å². The molecule has 0 radical (unpaired) electrons. The highest BCUT2D eigenvalue weighted by Crippen LogP contribution is 2.39. The minimum atomic E-state index is 0.0793. The van der Waals surface area contributed by atoms with Crippen LogP contribution in [0.1, 0.15) is 29.7 Å². The van der Waals surface area contributed by atoms with Crippen molar-refractivity contribution in [2.45, 2.75) is 19.6 Å². The van der Waals surface area contributed by atoms with Gasteiger partial charge in [0.2, 0.25) is 0 Å². The van der Waals surface area contributed by atoms with Gasteiger partial charge < -0.3 is 19.5 Å². The Bertz CT molecular complexity index is 987. The Morgan fingerprint density at radius 1 is 0.844 bits per heavy atom. The summed E-state index contributed by atoms with van der Waals surface area (Å²) in [6, 6.07) is 24.9. The van der Waals surface area contributed by atoms with Crippen molar-refractivity contribution < 1.29 is 14.2 Å². The van der Waals surface area contributed by atoms with E-state index in [1.165, 1.54) is 5.56 Å². The molecule has 1 heterocycles. The second kappa shape index (κ2) is 11.0. The predicted molar refractivity (Wildman–Crippen MR) is 128 cm³/mol. The Hall–Kier alpha value is -3.02.